The second-order valence-corrected chi connectivity index (χ2v) is 5.89. The molecule has 2 rings (SSSR count). The molecule has 1 aliphatic heterocycles. The largest absolute Gasteiger partial charge is 0.313 e. The van der Waals surface area contributed by atoms with Gasteiger partial charge in [-0.05, 0) is 57.3 Å². The van der Waals surface area contributed by atoms with Gasteiger partial charge in [-0.15, -0.1) is 0 Å². The number of rotatable bonds is 6. The van der Waals surface area contributed by atoms with Crippen LogP contribution in [0.5, 0.6) is 0 Å². The minimum atomic E-state index is 0.621. The van der Waals surface area contributed by atoms with Gasteiger partial charge in [0.2, 0.25) is 0 Å². The van der Waals surface area contributed by atoms with Gasteiger partial charge in [0.15, 0.2) is 0 Å². The van der Waals surface area contributed by atoms with Gasteiger partial charge in [-0.1, -0.05) is 37.3 Å². The van der Waals surface area contributed by atoms with E-state index in [4.69, 9.17) is 0 Å². The fraction of sp³-hybridized carbons (Fsp3) is 0.647. The fourth-order valence-corrected chi connectivity index (χ4v) is 3.12. The number of hydrogen-bond donors (Lipinski definition) is 1. The Morgan fingerprint density at radius 2 is 1.89 bits per heavy atom. The van der Waals surface area contributed by atoms with Crippen molar-refractivity contribution in [2.24, 2.45) is 5.92 Å². The molecule has 0 bridgehead atoms. The lowest BCUT2D eigenvalue weighted by Crippen LogP contribution is -2.43. The molecule has 1 saturated heterocycles. The first-order valence-corrected chi connectivity index (χ1v) is 7.77. The van der Waals surface area contributed by atoms with Crippen LogP contribution in [0.25, 0.3) is 0 Å². The van der Waals surface area contributed by atoms with Crippen LogP contribution in [-0.2, 0) is 6.42 Å². The highest BCUT2D eigenvalue weighted by Crippen LogP contribution is 2.21. The molecule has 1 aliphatic rings. The first-order chi connectivity index (χ1) is 9.28. The maximum absolute atomic E-state index is 3.50. The lowest BCUT2D eigenvalue weighted by atomic mass is 9.90. The molecule has 2 nitrogen and oxygen atoms in total. The summed E-state index contributed by atoms with van der Waals surface area (Å²) in [5.41, 5.74) is 1.50. The number of hydrogen-bond acceptors (Lipinski definition) is 2. The molecule has 0 aromatic heterocycles. The minimum absolute atomic E-state index is 0.621. The zero-order valence-electron chi connectivity index (χ0n) is 12.4. The Bertz CT molecular complexity index is 342. The quantitative estimate of drug-likeness (QED) is 0.846. The summed E-state index contributed by atoms with van der Waals surface area (Å²) in [5.74, 6) is 0.882. The smallest absolute Gasteiger partial charge is 0.0166 e. The van der Waals surface area contributed by atoms with E-state index >= 15 is 0 Å². The molecule has 1 N–H and O–H groups in total. The SMILES string of the molecule is CCNC(C)CN1CCC(Cc2ccccc2)CC1. The molecule has 1 aromatic carbocycles. The van der Waals surface area contributed by atoms with Crippen molar-refractivity contribution in [3.05, 3.63) is 35.9 Å². The molecule has 106 valence electrons. The Labute approximate surface area is 118 Å². The van der Waals surface area contributed by atoms with E-state index in [2.05, 4.69) is 54.4 Å². The molecule has 0 spiro atoms. The fourth-order valence-electron chi connectivity index (χ4n) is 3.12. The summed E-state index contributed by atoms with van der Waals surface area (Å²) in [6.45, 7) is 9.29. The predicted molar refractivity (Wildman–Crippen MR) is 82.4 cm³/mol. The third-order valence-electron chi connectivity index (χ3n) is 4.16. The van der Waals surface area contributed by atoms with Gasteiger partial charge in [0.05, 0.1) is 0 Å². The average molecular weight is 260 g/mol. The van der Waals surface area contributed by atoms with Gasteiger partial charge in [-0.2, -0.15) is 0 Å². The number of nitrogens with zero attached hydrogens (tertiary/aromatic N) is 1. The zero-order valence-corrected chi connectivity index (χ0v) is 12.4. The standard InChI is InChI=1S/C17H28N2/c1-3-18-15(2)14-19-11-9-17(10-12-19)13-16-7-5-4-6-8-16/h4-8,15,17-18H,3,9-14H2,1-2H3. The summed E-state index contributed by atoms with van der Waals surface area (Å²) in [7, 11) is 0. The van der Waals surface area contributed by atoms with Crippen LogP contribution in [0.1, 0.15) is 32.3 Å². The van der Waals surface area contributed by atoms with Crippen molar-refractivity contribution in [1.82, 2.24) is 10.2 Å². The van der Waals surface area contributed by atoms with Gasteiger partial charge in [0, 0.05) is 12.6 Å². The van der Waals surface area contributed by atoms with Crippen LogP contribution < -0.4 is 5.32 Å². The van der Waals surface area contributed by atoms with E-state index in [1.54, 1.807) is 0 Å². The maximum atomic E-state index is 3.50. The van der Waals surface area contributed by atoms with E-state index in [9.17, 15) is 0 Å². The second-order valence-electron chi connectivity index (χ2n) is 5.89. The summed E-state index contributed by atoms with van der Waals surface area (Å²) in [6, 6.07) is 11.6. The first kappa shape index (κ1) is 14.5. The highest BCUT2D eigenvalue weighted by atomic mass is 15.1. The molecule has 19 heavy (non-hydrogen) atoms. The Kier molecular flexibility index (Phi) is 5.87. The molecule has 1 aromatic rings. The van der Waals surface area contributed by atoms with E-state index < -0.39 is 0 Å². The Balaban J connectivity index is 1.70. The summed E-state index contributed by atoms with van der Waals surface area (Å²) in [5, 5.41) is 3.50. The topological polar surface area (TPSA) is 15.3 Å². The molecule has 0 aliphatic carbocycles. The number of benzene rings is 1. The van der Waals surface area contributed by atoms with Crippen LogP contribution in [0, 0.1) is 5.92 Å². The number of nitrogens with one attached hydrogen (secondary N) is 1. The van der Waals surface area contributed by atoms with Crippen molar-refractivity contribution in [2.75, 3.05) is 26.2 Å². The van der Waals surface area contributed by atoms with Crippen molar-refractivity contribution in [3.8, 4) is 0 Å². The van der Waals surface area contributed by atoms with Gasteiger partial charge in [0.1, 0.15) is 0 Å². The summed E-state index contributed by atoms with van der Waals surface area (Å²) in [4.78, 5) is 2.62. The highest BCUT2D eigenvalue weighted by Gasteiger charge is 2.20. The van der Waals surface area contributed by atoms with E-state index in [-0.39, 0.29) is 0 Å². The first-order valence-electron chi connectivity index (χ1n) is 7.77. The van der Waals surface area contributed by atoms with Crippen LogP contribution in [0.15, 0.2) is 30.3 Å². The lowest BCUT2D eigenvalue weighted by Gasteiger charge is -2.33. The molecular formula is C17H28N2. The third-order valence-corrected chi connectivity index (χ3v) is 4.16. The highest BCUT2D eigenvalue weighted by molar-refractivity contribution is 5.15. The van der Waals surface area contributed by atoms with Crippen molar-refractivity contribution in [1.29, 1.82) is 0 Å². The van der Waals surface area contributed by atoms with E-state index in [1.165, 1.54) is 44.5 Å². The molecule has 2 heteroatoms. The van der Waals surface area contributed by atoms with Gasteiger partial charge < -0.3 is 10.2 Å². The normalized spacial score (nSPS) is 19.5. The molecule has 1 atom stereocenters. The molecule has 0 radical (unpaired) electrons. The van der Waals surface area contributed by atoms with Crippen molar-refractivity contribution in [3.63, 3.8) is 0 Å². The number of likely N-dealkylation sites (tertiary alicyclic amines) is 1. The van der Waals surface area contributed by atoms with Crippen LogP contribution in [0.3, 0.4) is 0 Å². The van der Waals surface area contributed by atoms with Gasteiger partial charge in [-0.3, -0.25) is 0 Å². The van der Waals surface area contributed by atoms with Crippen molar-refractivity contribution in [2.45, 2.75) is 39.2 Å². The van der Waals surface area contributed by atoms with E-state index in [1.807, 2.05) is 0 Å². The monoisotopic (exact) mass is 260 g/mol. The number of likely N-dealkylation sites (N-methyl/N-ethyl adjacent to an activating group) is 1. The Hall–Kier alpha value is -0.860. The van der Waals surface area contributed by atoms with Gasteiger partial charge in [0.25, 0.3) is 0 Å². The van der Waals surface area contributed by atoms with Gasteiger partial charge in [-0.25, -0.2) is 0 Å². The third kappa shape index (κ3) is 4.96. The predicted octanol–water partition coefficient (Wildman–Crippen LogP) is 2.94. The Morgan fingerprint density at radius 3 is 2.53 bits per heavy atom. The zero-order chi connectivity index (χ0) is 13.5. The van der Waals surface area contributed by atoms with Crippen LogP contribution >= 0.6 is 0 Å². The summed E-state index contributed by atoms with van der Waals surface area (Å²) in [6.07, 6.45) is 3.97. The number of piperidine rings is 1. The average Bonchev–Trinajstić information content (AvgIpc) is 2.42. The Morgan fingerprint density at radius 1 is 1.21 bits per heavy atom. The molecule has 1 heterocycles. The van der Waals surface area contributed by atoms with Crippen LogP contribution in [0.2, 0.25) is 0 Å². The van der Waals surface area contributed by atoms with Crippen molar-refractivity contribution >= 4 is 0 Å². The molecule has 0 saturated carbocycles. The molecule has 1 unspecified atom stereocenters. The van der Waals surface area contributed by atoms with E-state index in [0.29, 0.717) is 6.04 Å². The summed E-state index contributed by atoms with van der Waals surface area (Å²) < 4.78 is 0. The maximum Gasteiger partial charge on any atom is 0.0166 e. The molecule has 1 fully saturated rings. The molecule has 0 amide bonds. The van der Waals surface area contributed by atoms with Crippen LogP contribution in [0.4, 0.5) is 0 Å². The van der Waals surface area contributed by atoms with Gasteiger partial charge >= 0.3 is 0 Å². The minimum Gasteiger partial charge on any atom is -0.313 e. The van der Waals surface area contributed by atoms with E-state index in [0.717, 1.165) is 12.5 Å². The molecular weight excluding hydrogens is 232 g/mol. The second kappa shape index (κ2) is 7.66. The summed E-state index contributed by atoms with van der Waals surface area (Å²) >= 11 is 0. The van der Waals surface area contributed by atoms with Crippen molar-refractivity contribution < 1.29 is 0 Å². The van der Waals surface area contributed by atoms with Crippen LogP contribution in [-0.4, -0.2) is 37.1 Å². The lowest BCUT2D eigenvalue weighted by molar-refractivity contribution is 0.171.